The average Bonchev–Trinajstić information content (AvgIpc) is 3.87. The van der Waals surface area contributed by atoms with Crippen LogP contribution in [0.4, 0.5) is 16.2 Å². The number of rotatable bonds is 12. The van der Waals surface area contributed by atoms with Gasteiger partial charge >= 0.3 is 6.09 Å². The number of primary amides is 1. The average molecular weight is 1050 g/mol. The number of carbonyl (C=O) groups excluding carboxylic acids is 6. The minimum absolute atomic E-state index is 0.0460. The first kappa shape index (κ1) is 53.1. The van der Waals surface area contributed by atoms with Crippen LogP contribution in [0.15, 0.2) is 76.8 Å². The largest absolute Gasteiger partial charge is 0.510 e. The van der Waals surface area contributed by atoms with E-state index in [0.717, 1.165) is 49.4 Å². The molecule has 10 rings (SSSR count). The van der Waals surface area contributed by atoms with Crippen molar-refractivity contribution in [3.8, 4) is 5.75 Å². The maximum absolute atomic E-state index is 14.5. The summed E-state index contributed by atoms with van der Waals surface area (Å²) >= 11 is 1.64. The molecule has 75 heavy (non-hydrogen) atoms. The number of carbonyl (C=O) groups is 6. The summed E-state index contributed by atoms with van der Waals surface area (Å²) in [6.07, 6.45) is 16.4. The van der Waals surface area contributed by atoms with Crippen LogP contribution in [0.5, 0.6) is 5.75 Å². The van der Waals surface area contributed by atoms with Gasteiger partial charge in [-0.1, -0.05) is 70.7 Å². The zero-order valence-electron chi connectivity index (χ0n) is 44.3. The van der Waals surface area contributed by atoms with Crippen molar-refractivity contribution in [1.29, 1.82) is 0 Å². The summed E-state index contributed by atoms with van der Waals surface area (Å²) in [4.78, 5) is 84.4. The maximum atomic E-state index is 14.5. The molecule has 2 aromatic rings. The third kappa shape index (κ3) is 8.50. The Kier molecular flexibility index (Phi) is 13.7. The van der Waals surface area contributed by atoms with Crippen molar-refractivity contribution in [2.75, 3.05) is 24.3 Å². The van der Waals surface area contributed by atoms with Crippen molar-refractivity contribution in [2.45, 2.75) is 152 Å². The molecular formula is C59H74N4O11S. The third-order valence-electron chi connectivity index (χ3n) is 19.9. The zero-order chi connectivity index (χ0) is 53.8. The first-order chi connectivity index (χ1) is 35.4. The highest BCUT2D eigenvalue weighted by Crippen LogP contribution is 2.67. The number of nitrogens with zero attached hydrogens (tertiary/aromatic N) is 2. The number of ether oxygens (including phenoxy) is 1. The first-order valence-corrected chi connectivity index (χ1v) is 28.2. The molecule has 402 valence electrons. The second kappa shape index (κ2) is 19.3. The van der Waals surface area contributed by atoms with Gasteiger partial charge in [0.05, 0.1) is 28.1 Å². The van der Waals surface area contributed by atoms with E-state index in [-0.39, 0.29) is 57.9 Å². The lowest BCUT2D eigenvalue weighted by atomic mass is 9.47. The van der Waals surface area contributed by atoms with E-state index in [9.17, 15) is 49.2 Å². The Morgan fingerprint density at radius 2 is 1.65 bits per heavy atom. The number of ketones is 2. The second-order valence-corrected chi connectivity index (χ2v) is 26.0. The van der Waals surface area contributed by atoms with Gasteiger partial charge in [0.2, 0.25) is 17.6 Å². The summed E-state index contributed by atoms with van der Waals surface area (Å²) in [5, 5.41) is 49.5. The number of unbranched alkanes of at least 4 members (excludes halogenated alkanes) is 1. The third-order valence-corrected chi connectivity index (χ3v) is 21.4. The normalized spacial score (nSPS) is 36.2. The molecule has 15 nitrogen and oxygen atoms in total. The van der Waals surface area contributed by atoms with Gasteiger partial charge in [-0.25, -0.2) is 9.69 Å². The van der Waals surface area contributed by atoms with Crippen LogP contribution in [-0.4, -0.2) is 96.9 Å². The number of Topliss-reactive ketones (excluding diaryl/α,β-unsaturated/α-hetero) is 2. The van der Waals surface area contributed by atoms with Crippen LogP contribution in [-0.2, 0) is 24.8 Å². The van der Waals surface area contributed by atoms with Gasteiger partial charge in [0.25, 0.3) is 5.91 Å². The van der Waals surface area contributed by atoms with Crippen LogP contribution in [0.25, 0.3) is 0 Å². The smallest absolute Gasteiger partial charge is 0.417 e. The molecule has 4 amide bonds. The molecule has 8 aliphatic rings. The predicted octanol–water partition coefficient (Wildman–Crippen LogP) is 9.22. The molecule has 0 radical (unpaired) electrons. The van der Waals surface area contributed by atoms with E-state index in [2.05, 4.69) is 39.1 Å². The van der Waals surface area contributed by atoms with Gasteiger partial charge in [-0.15, -0.1) is 11.8 Å². The fourth-order valence-electron chi connectivity index (χ4n) is 16.0. The number of aliphatic hydroxyl groups excluding tert-OH is 2. The number of imide groups is 1. The Morgan fingerprint density at radius 1 is 0.920 bits per heavy atom. The Bertz CT molecular complexity index is 2840. The van der Waals surface area contributed by atoms with Crippen LogP contribution in [0.1, 0.15) is 140 Å². The molecule has 2 aromatic carbocycles. The van der Waals surface area contributed by atoms with Gasteiger partial charge in [0, 0.05) is 34.8 Å². The Labute approximate surface area is 443 Å². The first-order valence-electron chi connectivity index (χ1n) is 27.2. The van der Waals surface area contributed by atoms with Gasteiger partial charge < -0.3 is 30.9 Å². The summed E-state index contributed by atoms with van der Waals surface area (Å²) < 4.78 is 5.67. The Morgan fingerprint density at radius 3 is 2.35 bits per heavy atom. The predicted molar refractivity (Wildman–Crippen MR) is 285 cm³/mol. The minimum atomic E-state index is -2.89. The second-order valence-electron chi connectivity index (χ2n) is 24.5. The minimum Gasteiger partial charge on any atom is -0.510 e. The Hall–Kier alpha value is -5.29. The summed E-state index contributed by atoms with van der Waals surface area (Å²) in [7, 11) is 3.04. The molecule has 0 spiro atoms. The van der Waals surface area contributed by atoms with E-state index in [1.807, 2.05) is 0 Å². The summed E-state index contributed by atoms with van der Waals surface area (Å²) in [6, 6.07) is 9.20. The van der Waals surface area contributed by atoms with E-state index in [1.165, 1.54) is 113 Å². The number of likely N-dealkylation sites (N-methyl/N-ethyl adjacent to an activating group) is 1. The SMILES string of the molecule is CC(C)CCCCC1CCC2C3CC=C4CC(SC5CC(=O)N(c6ccc(NC(=O)Oc7cccc8c7C(=O)C7=C(O)C9(O)C(=O)C(C(N)=O)=C(O)C(N(C)C)C9CC7C8(C)O)cc6)C5=O)CCC4(C)C3CCC12C. The zero-order valence-corrected chi connectivity index (χ0v) is 45.1. The highest BCUT2D eigenvalue weighted by molar-refractivity contribution is 8.01. The summed E-state index contributed by atoms with van der Waals surface area (Å²) in [5.41, 5.74) is 1.73. The number of benzene rings is 2. The van der Waals surface area contributed by atoms with E-state index < -0.39 is 80.6 Å². The molecule has 0 aromatic heterocycles. The number of amides is 4. The van der Waals surface area contributed by atoms with Gasteiger partial charge in [-0.3, -0.25) is 34.2 Å². The number of thioether (sulfide) groups is 1. The molecule has 1 heterocycles. The molecular weight excluding hydrogens is 973 g/mol. The molecule has 16 heteroatoms. The lowest BCUT2D eigenvalue weighted by molar-refractivity contribution is -0.152. The van der Waals surface area contributed by atoms with E-state index in [1.54, 1.807) is 29.5 Å². The van der Waals surface area contributed by atoms with E-state index >= 15 is 0 Å². The van der Waals surface area contributed by atoms with Crippen LogP contribution in [0.2, 0.25) is 0 Å². The molecule has 1 saturated heterocycles. The van der Waals surface area contributed by atoms with Crippen LogP contribution < -0.4 is 20.7 Å². The number of allylic oxidation sites excluding steroid dienone is 2. The van der Waals surface area contributed by atoms with Crippen molar-refractivity contribution in [2.24, 2.45) is 58.0 Å². The number of hydrogen-bond donors (Lipinski definition) is 6. The van der Waals surface area contributed by atoms with Gasteiger partial charge in [-0.2, -0.15) is 0 Å². The lowest BCUT2D eigenvalue weighted by Crippen LogP contribution is -2.65. The van der Waals surface area contributed by atoms with Gasteiger partial charge in [-0.05, 0) is 162 Å². The monoisotopic (exact) mass is 1050 g/mol. The fourth-order valence-corrected chi connectivity index (χ4v) is 17.5. The van der Waals surface area contributed by atoms with E-state index in [0.29, 0.717) is 17.0 Å². The van der Waals surface area contributed by atoms with Crippen molar-refractivity contribution in [3.05, 3.63) is 87.9 Å². The lowest BCUT2D eigenvalue weighted by Gasteiger charge is -2.58. The number of nitrogens with two attached hydrogens (primary N) is 1. The number of hydrogen-bond acceptors (Lipinski definition) is 13. The fraction of sp³-hybridized carbons (Fsp3) is 0.593. The Balaban J connectivity index is 0.783. The van der Waals surface area contributed by atoms with Crippen molar-refractivity contribution in [1.82, 2.24) is 4.90 Å². The topological polar surface area (TPSA) is 237 Å². The molecule has 4 fully saturated rings. The number of anilines is 2. The van der Waals surface area contributed by atoms with Crippen molar-refractivity contribution >= 4 is 58.5 Å². The molecule has 3 saturated carbocycles. The highest BCUT2D eigenvalue weighted by Gasteiger charge is 2.66. The molecule has 7 N–H and O–H groups in total. The van der Waals surface area contributed by atoms with Gasteiger partial charge in [0.15, 0.2) is 11.4 Å². The number of nitrogens with one attached hydrogen (secondary N) is 1. The molecule has 13 atom stereocenters. The number of fused-ring (bicyclic) bond motifs is 8. The number of aliphatic hydroxyl groups is 4. The van der Waals surface area contributed by atoms with E-state index in [4.69, 9.17) is 10.5 Å². The summed E-state index contributed by atoms with van der Waals surface area (Å²) in [6.45, 7) is 11.2. The standard InChI is InChI=1S/C59H74N4O11S/c1-30(2)11-8-9-12-31-16-22-37-36-21-15-32-27-35(23-25-57(32,4)38(36)24-26-56(31,37)3)75-43-29-44(64)63(54(43)70)34-19-17-33(18-20-34)61-55(71)74-42-14-10-13-39-45(42)49(65)46-40(58(39,5)72)28-41-48(62(6)7)50(66)47(53(60)69)52(68)59(41,73)51(46)67/h10,13-15,17-20,30-31,35-38,40-41,43,48,66-67,72-73H,8-9,11-12,16,21-29H2,1-7H3,(H2,60,69)(H,61,71). The highest BCUT2D eigenvalue weighted by atomic mass is 32.2. The maximum Gasteiger partial charge on any atom is 0.417 e. The van der Waals surface area contributed by atoms with Crippen LogP contribution >= 0.6 is 11.8 Å². The molecule has 13 unspecified atom stereocenters. The summed E-state index contributed by atoms with van der Waals surface area (Å²) in [5.74, 6) is -4.99. The van der Waals surface area contributed by atoms with Crippen LogP contribution in [0, 0.1) is 52.3 Å². The molecule has 0 bridgehead atoms. The molecule has 1 aliphatic heterocycles. The molecule has 7 aliphatic carbocycles. The van der Waals surface area contributed by atoms with Crippen LogP contribution in [0.3, 0.4) is 0 Å². The van der Waals surface area contributed by atoms with Crippen molar-refractivity contribution < 1.29 is 53.9 Å². The van der Waals surface area contributed by atoms with Gasteiger partial charge in [0.1, 0.15) is 22.8 Å². The van der Waals surface area contributed by atoms with Crippen molar-refractivity contribution in [3.63, 3.8) is 0 Å². The quantitative estimate of drug-likeness (QED) is 0.0504.